The first kappa shape index (κ1) is 11.7. The molecule has 0 aliphatic rings. The summed E-state index contributed by atoms with van der Waals surface area (Å²) >= 11 is 1.51. The van der Waals surface area contributed by atoms with Crippen LogP contribution in [0.3, 0.4) is 0 Å². The van der Waals surface area contributed by atoms with Gasteiger partial charge >= 0.3 is 0 Å². The molecule has 0 radical (unpaired) electrons. The van der Waals surface area contributed by atoms with Crippen LogP contribution in [0.4, 0.5) is 0 Å². The summed E-state index contributed by atoms with van der Waals surface area (Å²) in [5.74, 6) is 0.784. The van der Waals surface area contributed by atoms with Crippen molar-refractivity contribution < 1.29 is 0 Å². The van der Waals surface area contributed by atoms with Crippen molar-refractivity contribution in [1.82, 2.24) is 15.3 Å². The molecule has 5 heteroatoms. The van der Waals surface area contributed by atoms with E-state index in [1.807, 2.05) is 25.1 Å². The van der Waals surface area contributed by atoms with Crippen LogP contribution in [0, 0.1) is 18.3 Å². The monoisotopic (exact) mass is 244 g/mol. The number of hydrogen-bond donors (Lipinski definition) is 1. The van der Waals surface area contributed by atoms with Crippen LogP contribution in [0.5, 0.6) is 0 Å². The lowest BCUT2D eigenvalue weighted by Gasteiger charge is -2.02. The van der Waals surface area contributed by atoms with Gasteiger partial charge < -0.3 is 5.32 Å². The Morgan fingerprint density at radius 3 is 2.94 bits per heavy atom. The third-order valence-corrected chi connectivity index (χ3v) is 3.20. The minimum absolute atomic E-state index is 0.711. The van der Waals surface area contributed by atoms with Gasteiger partial charge in [-0.3, -0.25) is 0 Å². The van der Waals surface area contributed by atoms with Crippen molar-refractivity contribution in [3.05, 3.63) is 45.7 Å². The van der Waals surface area contributed by atoms with Crippen molar-refractivity contribution in [2.45, 2.75) is 20.0 Å². The number of thiophene rings is 1. The molecule has 0 aromatic carbocycles. The number of nitrogens with zero attached hydrogens (tertiary/aromatic N) is 3. The van der Waals surface area contributed by atoms with Gasteiger partial charge in [-0.15, -0.1) is 11.3 Å². The van der Waals surface area contributed by atoms with Crippen LogP contribution in [0.15, 0.2) is 24.4 Å². The van der Waals surface area contributed by atoms with E-state index in [9.17, 15) is 0 Å². The zero-order valence-electron chi connectivity index (χ0n) is 9.47. The minimum atomic E-state index is 0.711. The summed E-state index contributed by atoms with van der Waals surface area (Å²) in [4.78, 5) is 10.3. The van der Waals surface area contributed by atoms with Gasteiger partial charge in [0.25, 0.3) is 0 Å². The van der Waals surface area contributed by atoms with E-state index in [1.165, 1.54) is 11.3 Å². The predicted octanol–water partition coefficient (Wildman–Crippen LogP) is 2.01. The van der Waals surface area contributed by atoms with Crippen molar-refractivity contribution in [3.8, 4) is 6.07 Å². The van der Waals surface area contributed by atoms with E-state index in [-0.39, 0.29) is 0 Å². The number of hydrogen-bond acceptors (Lipinski definition) is 5. The molecule has 0 aliphatic heterocycles. The van der Waals surface area contributed by atoms with Crippen molar-refractivity contribution >= 4 is 11.3 Å². The third kappa shape index (κ3) is 3.34. The first-order chi connectivity index (χ1) is 8.28. The van der Waals surface area contributed by atoms with E-state index < -0.39 is 0 Å². The van der Waals surface area contributed by atoms with Gasteiger partial charge in [-0.25, -0.2) is 9.97 Å². The Morgan fingerprint density at radius 2 is 2.24 bits per heavy atom. The highest BCUT2D eigenvalue weighted by atomic mass is 32.1. The Hall–Kier alpha value is -1.77. The van der Waals surface area contributed by atoms with Gasteiger partial charge in [-0.1, -0.05) is 0 Å². The standard InChI is InChI=1S/C12H12N4S/c1-9-15-5-4-10(16-9)7-14-8-12-3-2-11(6-13)17-12/h2-5,14H,7-8H2,1H3. The molecule has 0 unspecified atom stereocenters. The third-order valence-electron chi connectivity index (χ3n) is 2.21. The second-order valence-corrected chi connectivity index (χ2v) is 4.74. The smallest absolute Gasteiger partial charge is 0.125 e. The zero-order valence-corrected chi connectivity index (χ0v) is 10.3. The Balaban J connectivity index is 1.85. The second kappa shape index (κ2) is 5.53. The van der Waals surface area contributed by atoms with E-state index in [0.717, 1.165) is 27.8 Å². The average molecular weight is 244 g/mol. The highest BCUT2D eigenvalue weighted by Crippen LogP contribution is 2.14. The van der Waals surface area contributed by atoms with Crippen LogP contribution < -0.4 is 5.32 Å². The molecule has 86 valence electrons. The predicted molar refractivity (Wildman–Crippen MR) is 66.3 cm³/mol. The van der Waals surface area contributed by atoms with Crippen LogP contribution in [-0.2, 0) is 13.1 Å². The fraction of sp³-hybridized carbons (Fsp3) is 0.250. The highest BCUT2D eigenvalue weighted by molar-refractivity contribution is 7.12. The highest BCUT2D eigenvalue weighted by Gasteiger charge is 1.99. The van der Waals surface area contributed by atoms with E-state index >= 15 is 0 Å². The summed E-state index contributed by atoms with van der Waals surface area (Å²) in [5.41, 5.74) is 0.981. The Kier molecular flexibility index (Phi) is 3.81. The zero-order chi connectivity index (χ0) is 12.1. The first-order valence-electron chi connectivity index (χ1n) is 5.26. The molecule has 0 bridgehead atoms. The SMILES string of the molecule is Cc1nccc(CNCc2ccc(C#N)s2)n1. The molecule has 2 heterocycles. The molecular formula is C12H12N4S. The Morgan fingerprint density at radius 1 is 1.35 bits per heavy atom. The lowest BCUT2D eigenvalue weighted by Crippen LogP contribution is -2.13. The second-order valence-electron chi connectivity index (χ2n) is 3.58. The topological polar surface area (TPSA) is 61.6 Å². The van der Waals surface area contributed by atoms with E-state index in [0.29, 0.717) is 6.54 Å². The molecule has 0 fully saturated rings. The van der Waals surface area contributed by atoms with Crippen LogP contribution >= 0.6 is 11.3 Å². The summed E-state index contributed by atoms with van der Waals surface area (Å²) in [6, 6.07) is 7.85. The quantitative estimate of drug-likeness (QED) is 0.893. The summed E-state index contributed by atoms with van der Waals surface area (Å²) in [7, 11) is 0. The lowest BCUT2D eigenvalue weighted by atomic mass is 10.3. The molecule has 2 aromatic rings. The molecule has 17 heavy (non-hydrogen) atoms. The molecule has 0 saturated carbocycles. The maximum absolute atomic E-state index is 8.71. The van der Waals surface area contributed by atoms with Gasteiger partial charge in [-0.05, 0) is 25.1 Å². The number of aromatic nitrogens is 2. The summed E-state index contributed by atoms with van der Waals surface area (Å²) < 4.78 is 0. The molecular weight excluding hydrogens is 232 g/mol. The summed E-state index contributed by atoms with van der Waals surface area (Å²) in [6.07, 6.45) is 1.76. The van der Waals surface area contributed by atoms with Gasteiger partial charge in [0.05, 0.1) is 5.69 Å². The molecule has 4 nitrogen and oxygen atoms in total. The first-order valence-corrected chi connectivity index (χ1v) is 6.07. The van der Waals surface area contributed by atoms with Crippen molar-refractivity contribution in [2.24, 2.45) is 0 Å². The molecule has 0 aliphatic carbocycles. The molecule has 0 amide bonds. The minimum Gasteiger partial charge on any atom is -0.306 e. The maximum Gasteiger partial charge on any atom is 0.125 e. The maximum atomic E-state index is 8.71. The molecule has 0 atom stereocenters. The van der Waals surface area contributed by atoms with Crippen LogP contribution in [0.1, 0.15) is 21.3 Å². The van der Waals surface area contributed by atoms with Crippen molar-refractivity contribution in [3.63, 3.8) is 0 Å². The number of nitriles is 1. The summed E-state index contributed by atoms with van der Waals surface area (Å²) in [6.45, 7) is 3.35. The number of rotatable bonds is 4. The van der Waals surface area contributed by atoms with E-state index in [1.54, 1.807) is 6.20 Å². The van der Waals surface area contributed by atoms with Crippen LogP contribution in [-0.4, -0.2) is 9.97 Å². The van der Waals surface area contributed by atoms with Gasteiger partial charge in [0, 0.05) is 24.2 Å². The van der Waals surface area contributed by atoms with Crippen LogP contribution in [0.2, 0.25) is 0 Å². The van der Waals surface area contributed by atoms with E-state index in [2.05, 4.69) is 21.4 Å². The molecule has 2 aromatic heterocycles. The molecule has 0 spiro atoms. The average Bonchev–Trinajstić information content (AvgIpc) is 2.77. The largest absolute Gasteiger partial charge is 0.306 e. The Bertz CT molecular complexity index is 541. The van der Waals surface area contributed by atoms with Crippen molar-refractivity contribution in [2.75, 3.05) is 0 Å². The normalized spacial score (nSPS) is 10.1. The lowest BCUT2D eigenvalue weighted by molar-refractivity contribution is 0.681. The number of aryl methyl sites for hydroxylation is 1. The summed E-state index contributed by atoms with van der Waals surface area (Å²) in [5, 5.41) is 12.0. The van der Waals surface area contributed by atoms with Gasteiger partial charge in [-0.2, -0.15) is 5.26 Å². The molecule has 2 rings (SSSR count). The van der Waals surface area contributed by atoms with Crippen molar-refractivity contribution in [1.29, 1.82) is 5.26 Å². The Labute approximate surface area is 104 Å². The number of nitrogens with one attached hydrogen (secondary N) is 1. The van der Waals surface area contributed by atoms with Gasteiger partial charge in [0.1, 0.15) is 16.8 Å². The molecule has 0 saturated heterocycles. The molecule has 1 N–H and O–H groups in total. The van der Waals surface area contributed by atoms with E-state index in [4.69, 9.17) is 5.26 Å². The van der Waals surface area contributed by atoms with Gasteiger partial charge in [0.2, 0.25) is 0 Å². The fourth-order valence-corrected chi connectivity index (χ4v) is 2.22. The fourth-order valence-electron chi connectivity index (χ4n) is 1.45. The van der Waals surface area contributed by atoms with Crippen LogP contribution in [0.25, 0.3) is 0 Å². The van der Waals surface area contributed by atoms with Gasteiger partial charge in [0.15, 0.2) is 0 Å².